The second-order valence-electron chi connectivity index (χ2n) is 6.30. The summed E-state index contributed by atoms with van der Waals surface area (Å²) in [6, 6.07) is 14.1. The van der Waals surface area contributed by atoms with Gasteiger partial charge in [-0.05, 0) is 49.1 Å². The van der Waals surface area contributed by atoms with Crippen molar-refractivity contribution in [3.63, 3.8) is 0 Å². The van der Waals surface area contributed by atoms with Crippen LogP contribution in [-0.2, 0) is 21.2 Å². The molecule has 0 aliphatic carbocycles. The van der Waals surface area contributed by atoms with E-state index in [1.54, 1.807) is 24.3 Å². The van der Waals surface area contributed by atoms with Gasteiger partial charge in [-0.25, -0.2) is 8.42 Å². The molecule has 6 heteroatoms. The van der Waals surface area contributed by atoms with E-state index in [1.165, 1.54) is 0 Å². The zero-order chi connectivity index (χ0) is 17.9. The van der Waals surface area contributed by atoms with Gasteiger partial charge >= 0.3 is 0 Å². The molecule has 0 spiro atoms. The average molecular weight is 358 g/mol. The summed E-state index contributed by atoms with van der Waals surface area (Å²) < 4.78 is 27.6. The Hall–Kier alpha value is -2.34. The summed E-state index contributed by atoms with van der Waals surface area (Å²) in [6.07, 6.45) is 2.31. The smallest absolute Gasteiger partial charge is 0.261 e. The van der Waals surface area contributed by atoms with Gasteiger partial charge in [-0.2, -0.15) is 0 Å². The third-order valence-corrected chi connectivity index (χ3v) is 5.85. The van der Waals surface area contributed by atoms with E-state index in [-0.39, 0.29) is 10.8 Å². The summed E-state index contributed by atoms with van der Waals surface area (Å²) in [6.45, 7) is 3.37. The van der Waals surface area contributed by atoms with Crippen LogP contribution in [0.15, 0.2) is 53.4 Å². The van der Waals surface area contributed by atoms with Crippen molar-refractivity contribution in [2.75, 3.05) is 17.8 Å². The van der Waals surface area contributed by atoms with E-state index in [9.17, 15) is 13.2 Å². The van der Waals surface area contributed by atoms with Crippen molar-refractivity contribution in [2.45, 2.75) is 31.1 Å². The van der Waals surface area contributed by atoms with Crippen LogP contribution in [-0.4, -0.2) is 32.3 Å². The predicted molar refractivity (Wildman–Crippen MR) is 97.9 cm³/mol. The molecule has 132 valence electrons. The maximum absolute atomic E-state index is 12.5. The fourth-order valence-electron chi connectivity index (χ4n) is 2.93. The summed E-state index contributed by atoms with van der Waals surface area (Å²) in [5.74, 6) is 0.210. The van der Waals surface area contributed by atoms with Gasteiger partial charge in [0, 0.05) is 19.5 Å². The van der Waals surface area contributed by atoms with Gasteiger partial charge in [0.05, 0.1) is 10.6 Å². The van der Waals surface area contributed by atoms with Crippen molar-refractivity contribution in [1.82, 2.24) is 4.90 Å². The topological polar surface area (TPSA) is 66.5 Å². The normalized spacial score (nSPS) is 14.8. The molecular weight excluding hydrogens is 336 g/mol. The van der Waals surface area contributed by atoms with Crippen LogP contribution >= 0.6 is 0 Å². The minimum atomic E-state index is -3.61. The van der Waals surface area contributed by atoms with Crippen LogP contribution in [0.1, 0.15) is 24.0 Å². The monoisotopic (exact) mass is 358 g/mol. The zero-order valence-electron chi connectivity index (χ0n) is 14.2. The molecule has 3 rings (SSSR count). The fourth-order valence-corrected chi connectivity index (χ4v) is 4.06. The van der Waals surface area contributed by atoms with E-state index in [4.69, 9.17) is 0 Å². The number of sulfonamides is 1. The lowest BCUT2D eigenvalue weighted by Crippen LogP contribution is -2.26. The van der Waals surface area contributed by atoms with Gasteiger partial charge in [0.1, 0.15) is 0 Å². The lowest BCUT2D eigenvalue weighted by atomic mass is 10.1. The summed E-state index contributed by atoms with van der Waals surface area (Å²) in [5, 5.41) is 0. The first-order valence-electron chi connectivity index (χ1n) is 8.41. The molecular formula is C19H22N2O3S. The van der Waals surface area contributed by atoms with Gasteiger partial charge in [0.2, 0.25) is 5.91 Å². The third-order valence-electron chi connectivity index (χ3n) is 4.46. The van der Waals surface area contributed by atoms with Crippen molar-refractivity contribution in [3.8, 4) is 0 Å². The molecule has 1 aliphatic rings. The van der Waals surface area contributed by atoms with Gasteiger partial charge in [-0.3, -0.25) is 9.52 Å². The highest BCUT2D eigenvalue weighted by molar-refractivity contribution is 7.92. The van der Waals surface area contributed by atoms with Crippen molar-refractivity contribution in [2.24, 2.45) is 0 Å². The van der Waals surface area contributed by atoms with Crippen LogP contribution in [0.25, 0.3) is 0 Å². The van der Waals surface area contributed by atoms with Crippen molar-refractivity contribution < 1.29 is 13.2 Å². The maximum atomic E-state index is 12.5. The molecule has 0 bridgehead atoms. The number of likely N-dealkylation sites (tertiary alicyclic amines) is 1. The number of benzene rings is 2. The Labute approximate surface area is 148 Å². The van der Waals surface area contributed by atoms with Gasteiger partial charge < -0.3 is 4.90 Å². The number of aryl methyl sites for hydroxylation is 1. The molecule has 2 aromatic rings. The molecule has 0 atom stereocenters. The zero-order valence-corrected chi connectivity index (χ0v) is 15.1. The minimum absolute atomic E-state index is 0.210. The Kier molecular flexibility index (Phi) is 5.08. The van der Waals surface area contributed by atoms with Gasteiger partial charge in [-0.15, -0.1) is 0 Å². The van der Waals surface area contributed by atoms with Gasteiger partial charge in [0.25, 0.3) is 10.0 Å². The van der Waals surface area contributed by atoms with Crippen LogP contribution in [0.3, 0.4) is 0 Å². The highest BCUT2D eigenvalue weighted by atomic mass is 32.2. The van der Waals surface area contributed by atoms with Crippen molar-refractivity contribution in [1.29, 1.82) is 0 Å². The molecule has 2 aromatic carbocycles. The molecule has 1 amide bonds. The fraction of sp³-hybridized carbons (Fsp3) is 0.316. The summed E-state index contributed by atoms with van der Waals surface area (Å²) in [5.41, 5.74) is 2.48. The second-order valence-corrected chi connectivity index (χ2v) is 7.98. The van der Waals surface area contributed by atoms with Gasteiger partial charge in [-0.1, -0.05) is 30.3 Å². The average Bonchev–Trinajstić information content (AvgIpc) is 3.00. The molecule has 0 radical (unpaired) electrons. The van der Waals surface area contributed by atoms with Crippen LogP contribution in [0.5, 0.6) is 0 Å². The highest BCUT2D eigenvalue weighted by Crippen LogP contribution is 2.20. The minimum Gasteiger partial charge on any atom is -0.342 e. The number of nitrogens with one attached hydrogen (secondary N) is 1. The van der Waals surface area contributed by atoms with E-state index >= 15 is 0 Å². The molecule has 1 N–H and O–H groups in total. The van der Waals surface area contributed by atoms with Crippen LogP contribution in [0.4, 0.5) is 5.69 Å². The number of hydrogen-bond donors (Lipinski definition) is 1. The molecule has 1 fully saturated rings. The van der Waals surface area contributed by atoms with Crippen LogP contribution in [0, 0.1) is 6.92 Å². The third kappa shape index (κ3) is 4.20. The van der Waals surface area contributed by atoms with E-state index in [0.717, 1.165) is 30.5 Å². The number of nitrogens with zero attached hydrogens (tertiary/aromatic N) is 1. The summed E-state index contributed by atoms with van der Waals surface area (Å²) in [7, 11) is -3.61. The van der Waals surface area contributed by atoms with E-state index in [2.05, 4.69) is 4.72 Å². The van der Waals surface area contributed by atoms with Gasteiger partial charge in [0.15, 0.2) is 0 Å². The number of hydrogen-bond acceptors (Lipinski definition) is 3. The second kappa shape index (κ2) is 7.27. The Morgan fingerprint density at radius 3 is 2.44 bits per heavy atom. The van der Waals surface area contributed by atoms with Crippen molar-refractivity contribution in [3.05, 3.63) is 59.7 Å². The number of carbonyl (C=O) groups is 1. The molecule has 1 saturated heterocycles. The Bertz CT molecular complexity index is 860. The standard InChI is InChI=1S/C19H22N2O3S/c1-15-5-2-3-6-18(15)20-25(23,24)17-10-8-16(9-11-17)12-14-21-13-4-7-19(21)22/h2-3,5-6,8-11,20H,4,7,12-14H2,1H3. The first-order chi connectivity index (χ1) is 12.0. The Balaban J connectivity index is 1.66. The predicted octanol–water partition coefficient (Wildman–Crippen LogP) is 2.96. The Morgan fingerprint density at radius 1 is 1.08 bits per heavy atom. The highest BCUT2D eigenvalue weighted by Gasteiger charge is 2.19. The van der Waals surface area contributed by atoms with E-state index < -0.39 is 10.0 Å². The maximum Gasteiger partial charge on any atom is 0.261 e. The van der Waals surface area contributed by atoms with E-state index in [0.29, 0.717) is 18.7 Å². The molecule has 1 heterocycles. The number of rotatable bonds is 6. The van der Waals surface area contributed by atoms with Crippen LogP contribution < -0.4 is 4.72 Å². The van der Waals surface area contributed by atoms with Crippen molar-refractivity contribution >= 4 is 21.6 Å². The quantitative estimate of drug-likeness (QED) is 0.863. The van der Waals surface area contributed by atoms with E-state index in [1.807, 2.05) is 36.1 Å². The molecule has 0 unspecified atom stereocenters. The lowest BCUT2D eigenvalue weighted by molar-refractivity contribution is -0.127. The number of carbonyl (C=O) groups excluding carboxylic acids is 1. The Morgan fingerprint density at radius 2 is 1.80 bits per heavy atom. The number of para-hydroxylation sites is 1. The summed E-state index contributed by atoms with van der Waals surface area (Å²) in [4.78, 5) is 13.7. The number of anilines is 1. The largest absolute Gasteiger partial charge is 0.342 e. The van der Waals surface area contributed by atoms with Crippen LogP contribution in [0.2, 0.25) is 0 Å². The first-order valence-corrected chi connectivity index (χ1v) is 9.89. The lowest BCUT2D eigenvalue weighted by Gasteiger charge is -2.15. The molecule has 0 saturated carbocycles. The SMILES string of the molecule is Cc1ccccc1NS(=O)(=O)c1ccc(CCN2CCCC2=O)cc1. The molecule has 25 heavy (non-hydrogen) atoms. The molecule has 5 nitrogen and oxygen atoms in total. The first kappa shape index (κ1) is 17.5. The molecule has 1 aliphatic heterocycles. The number of amides is 1. The molecule has 0 aromatic heterocycles. The summed E-state index contributed by atoms with van der Waals surface area (Å²) >= 11 is 0.